The number of hydrogen-bond acceptors (Lipinski definition) is 5. The molecule has 0 aliphatic carbocycles. The first-order valence-corrected chi connectivity index (χ1v) is 6.03. The number of fused-ring (bicyclic) bond motifs is 1. The molecule has 0 radical (unpaired) electrons. The Morgan fingerprint density at radius 2 is 2.35 bits per heavy atom. The van der Waals surface area contributed by atoms with Crippen molar-refractivity contribution in [3.63, 3.8) is 0 Å². The summed E-state index contributed by atoms with van der Waals surface area (Å²) in [7, 11) is 0. The van der Waals surface area contributed by atoms with Crippen LogP contribution in [-0.2, 0) is 4.74 Å². The number of aromatic nitrogens is 1. The van der Waals surface area contributed by atoms with Gasteiger partial charge in [0.1, 0.15) is 11.1 Å². The predicted molar refractivity (Wildman–Crippen MR) is 76.5 cm³/mol. The van der Waals surface area contributed by atoms with E-state index in [1.54, 1.807) is 30.6 Å². The fourth-order valence-electron chi connectivity index (χ4n) is 1.63. The first-order valence-electron chi connectivity index (χ1n) is 6.03. The Labute approximate surface area is 116 Å². The Morgan fingerprint density at radius 1 is 1.50 bits per heavy atom. The molecule has 0 aromatic carbocycles. The minimum absolute atomic E-state index is 0.238. The van der Waals surface area contributed by atoms with Crippen LogP contribution in [0.25, 0.3) is 0 Å². The molecule has 1 aliphatic heterocycles. The molecular weight excluding hydrogens is 252 g/mol. The van der Waals surface area contributed by atoms with E-state index in [2.05, 4.69) is 38.9 Å². The molecule has 0 atom stereocenters. The SMILES string of the molecule is C=C=C/C1=C(\N=CC)CN=c2ncccc2=NC(=C)O1. The van der Waals surface area contributed by atoms with Crippen molar-refractivity contribution in [2.45, 2.75) is 6.92 Å². The molecule has 5 nitrogen and oxygen atoms in total. The minimum atomic E-state index is 0.238. The van der Waals surface area contributed by atoms with E-state index in [-0.39, 0.29) is 5.88 Å². The van der Waals surface area contributed by atoms with Crippen LogP contribution in [0.5, 0.6) is 0 Å². The Kier molecular flexibility index (Phi) is 4.37. The van der Waals surface area contributed by atoms with Gasteiger partial charge < -0.3 is 4.74 Å². The van der Waals surface area contributed by atoms with Gasteiger partial charge in [-0.2, -0.15) is 0 Å². The molecule has 2 rings (SSSR count). The molecular formula is C15H14N4O. The first kappa shape index (κ1) is 13.6. The topological polar surface area (TPSA) is 59.2 Å². The highest BCUT2D eigenvalue weighted by atomic mass is 16.5. The Bertz CT molecular complexity index is 752. The summed E-state index contributed by atoms with van der Waals surface area (Å²) in [4.78, 5) is 17.1. The second-order valence-electron chi connectivity index (χ2n) is 3.82. The number of ether oxygens (including phenoxy) is 1. The summed E-state index contributed by atoms with van der Waals surface area (Å²) >= 11 is 0. The molecule has 0 unspecified atom stereocenters. The average Bonchev–Trinajstić information content (AvgIpc) is 2.49. The van der Waals surface area contributed by atoms with Crippen LogP contribution in [-0.4, -0.2) is 17.7 Å². The van der Waals surface area contributed by atoms with Gasteiger partial charge in [0.15, 0.2) is 11.2 Å². The van der Waals surface area contributed by atoms with E-state index in [1.165, 1.54) is 0 Å². The number of nitrogens with zero attached hydrogens (tertiary/aromatic N) is 4. The highest BCUT2D eigenvalue weighted by Crippen LogP contribution is 2.14. The standard InChI is InChI=1S/C15H14N4O/c1-4-7-14-13(16-5-2)10-18-15-12(8-6-9-17-15)19-11(3)20-14/h5-9H,1,3,10H2,2H3/b14-13+,16-5?,18-15?,19-12?. The van der Waals surface area contributed by atoms with Gasteiger partial charge in [-0.1, -0.05) is 6.58 Å². The number of rotatable bonds is 2. The van der Waals surface area contributed by atoms with Crippen LogP contribution >= 0.6 is 0 Å². The Balaban J connectivity index is 2.64. The number of aliphatic imine (C=N–C) groups is 1. The molecule has 1 aromatic rings. The summed E-state index contributed by atoms with van der Waals surface area (Å²) in [6.45, 7) is 9.46. The molecule has 20 heavy (non-hydrogen) atoms. The summed E-state index contributed by atoms with van der Waals surface area (Å²) in [6.07, 6.45) is 4.92. The maximum Gasteiger partial charge on any atom is 0.212 e. The van der Waals surface area contributed by atoms with Crippen molar-refractivity contribution in [3.8, 4) is 0 Å². The third-order valence-electron chi connectivity index (χ3n) is 2.42. The van der Waals surface area contributed by atoms with E-state index >= 15 is 0 Å². The first-order chi connectivity index (χ1) is 9.74. The molecule has 0 spiro atoms. The molecule has 5 heteroatoms. The second kappa shape index (κ2) is 6.41. The van der Waals surface area contributed by atoms with Gasteiger partial charge in [0.2, 0.25) is 5.88 Å². The highest BCUT2D eigenvalue weighted by Gasteiger charge is 2.08. The highest BCUT2D eigenvalue weighted by molar-refractivity contribution is 5.55. The maximum absolute atomic E-state index is 5.59. The van der Waals surface area contributed by atoms with E-state index in [4.69, 9.17) is 4.74 Å². The summed E-state index contributed by atoms with van der Waals surface area (Å²) < 4.78 is 5.59. The van der Waals surface area contributed by atoms with Crippen LogP contribution in [0.4, 0.5) is 0 Å². The number of allylic oxidation sites excluding steroid dienone is 1. The molecule has 0 saturated carbocycles. The van der Waals surface area contributed by atoms with Crippen molar-refractivity contribution in [1.29, 1.82) is 0 Å². The summed E-state index contributed by atoms with van der Waals surface area (Å²) in [6, 6.07) is 3.59. The van der Waals surface area contributed by atoms with Gasteiger partial charge in [-0.3, -0.25) is 9.98 Å². The fourth-order valence-corrected chi connectivity index (χ4v) is 1.63. The van der Waals surface area contributed by atoms with Crippen molar-refractivity contribution in [3.05, 3.63) is 71.5 Å². The van der Waals surface area contributed by atoms with Gasteiger partial charge in [-0.15, -0.1) is 5.73 Å². The maximum atomic E-state index is 5.59. The van der Waals surface area contributed by atoms with Crippen molar-refractivity contribution < 1.29 is 4.74 Å². The largest absolute Gasteiger partial charge is 0.437 e. The van der Waals surface area contributed by atoms with Gasteiger partial charge in [0, 0.05) is 18.5 Å². The lowest BCUT2D eigenvalue weighted by Gasteiger charge is -2.06. The normalized spacial score (nSPS) is 18.6. The van der Waals surface area contributed by atoms with Gasteiger partial charge in [0.05, 0.1) is 6.54 Å². The second-order valence-corrected chi connectivity index (χ2v) is 3.82. The van der Waals surface area contributed by atoms with E-state index in [9.17, 15) is 0 Å². The van der Waals surface area contributed by atoms with E-state index in [0.717, 1.165) is 0 Å². The van der Waals surface area contributed by atoms with E-state index in [0.29, 0.717) is 28.8 Å². The molecule has 2 heterocycles. The lowest BCUT2D eigenvalue weighted by molar-refractivity contribution is 0.311. The zero-order valence-corrected chi connectivity index (χ0v) is 11.2. The Morgan fingerprint density at radius 3 is 3.10 bits per heavy atom. The van der Waals surface area contributed by atoms with E-state index in [1.807, 2.05) is 6.92 Å². The molecule has 100 valence electrons. The number of pyridine rings is 1. The van der Waals surface area contributed by atoms with Crippen LogP contribution in [0.15, 0.2) is 75.6 Å². The van der Waals surface area contributed by atoms with Gasteiger partial charge in [-0.25, -0.2) is 9.98 Å². The fraction of sp³-hybridized carbons (Fsp3) is 0.133. The molecule has 0 N–H and O–H groups in total. The Hall–Kier alpha value is -2.78. The summed E-state index contributed by atoms with van der Waals surface area (Å²) in [5.41, 5.74) is 3.83. The summed E-state index contributed by atoms with van der Waals surface area (Å²) in [5.74, 6) is 0.713. The van der Waals surface area contributed by atoms with E-state index < -0.39 is 0 Å². The molecule has 1 aliphatic rings. The molecule has 0 bridgehead atoms. The minimum Gasteiger partial charge on any atom is -0.437 e. The predicted octanol–water partition coefficient (Wildman–Crippen LogP) is 1.47. The summed E-state index contributed by atoms with van der Waals surface area (Å²) in [5, 5.41) is 0.612. The van der Waals surface area contributed by atoms with Crippen LogP contribution in [0.1, 0.15) is 6.92 Å². The van der Waals surface area contributed by atoms with Crippen molar-refractivity contribution in [2.24, 2.45) is 15.0 Å². The molecule has 1 aromatic heterocycles. The molecule has 0 saturated heterocycles. The van der Waals surface area contributed by atoms with Crippen molar-refractivity contribution in [1.82, 2.24) is 4.98 Å². The van der Waals surface area contributed by atoms with Crippen LogP contribution in [0, 0.1) is 0 Å². The third kappa shape index (κ3) is 3.16. The third-order valence-corrected chi connectivity index (χ3v) is 2.42. The van der Waals surface area contributed by atoms with Gasteiger partial charge in [-0.05, 0) is 25.6 Å². The van der Waals surface area contributed by atoms with Crippen LogP contribution in [0.2, 0.25) is 0 Å². The van der Waals surface area contributed by atoms with Crippen molar-refractivity contribution >= 4 is 6.21 Å². The van der Waals surface area contributed by atoms with Crippen LogP contribution in [0.3, 0.4) is 0 Å². The lowest BCUT2D eigenvalue weighted by atomic mass is 10.3. The van der Waals surface area contributed by atoms with Crippen LogP contribution < -0.4 is 10.8 Å². The average molecular weight is 266 g/mol. The number of hydrogen-bond donors (Lipinski definition) is 0. The molecule has 0 fully saturated rings. The van der Waals surface area contributed by atoms with Crippen molar-refractivity contribution in [2.75, 3.05) is 6.54 Å². The lowest BCUT2D eigenvalue weighted by Crippen LogP contribution is -2.28. The molecule has 0 amide bonds. The zero-order chi connectivity index (χ0) is 14.4. The smallest absolute Gasteiger partial charge is 0.212 e. The zero-order valence-electron chi connectivity index (χ0n) is 11.2. The van der Waals surface area contributed by atoms with Gasteiger partial charge in [0.25, 0.3) is 0 Å². The quantitative estimate of drug-likeness (QED) is 0.601. The monoisotopic (exact) mass is 266 g/mol. The van der Waals surface area contributed by atoms with Gasteiger partial charge >= 0.3 is 0 Å².